The minimum atomic E-state index is -0.391. The molecule has 0 unspecified atom stereocenters. The van der Waals surface area contributed by atoms with Gasteiger partial charge in [0.25, 0.3) is 0 Å². The lowest BCUT2D eigenvalue weighted by molar-refractivity contribution is 0.0598. The lowest BCUT2D eigenvalue weighted by atomic mass is 10.1. The fraction of sp³-hybridized carbons (Fsp3) is 0.533. The van der Waals surface area contributed by atoms with Crippen LogP contribution >= 0.6 is 11.6 Å². The van der Waals surface area contributed by atoms with E-state index in [0.717, 1.165) is 31.5 Å². The Balaban J connectivity index is 2.19. The van der Waals surface area contributed by atoms with Gasteiger partial charge < -0.3 is 14.4 Å². The summed E-state index contributed by atoms with van der Waals surface area (Å²) < 4.78 is 10.8. The maximum absolute atomic E-state index is 11.7. The van der Waals surface area contributed by atoms with E-state index in [1.165, 1.54) is 7.11 Å². The fourth-order valence-corrected chi connectivity index (χ4v) is 2.59. The van der Waals surface area contributed by atoms with E-state index in [-0.39, 0.29) is 6.10 Å². The fourth-order valence-electron chi connectivity index (χ4n) is 2.38. The molecule has 0 bridgehead atoms. The van der Waals surface area contributed by atoms with Gasteiger partial charge in [0, 0.05) is 23.7 Å². The summed E-state index contributed by atoms with van der Waals surface area (Å²) >= 11 is 6.07. The monoisotopic (exact) mass is 297 g/mol. The van der Waals surface area contributed by atoms with Crippen molar-refractivity contribution in [1.29, 1.82) is 0 Å². The van der Waals surface area contributed by atoms with Crippen molar-refractivity contribution in [3.8, 4) is 5.75 Å². The van der Waals surface area contributed by atoms with E-state index in [4.69, 9.17) is 21.1 Å². The first kappa shape index (κ1) is 15.1. The molecule has 0 radical (unpaired) electrons. The molecule has 1 aliphatic heterocycles. The summed E-state index contributed by atoms with van der Waals surface area (Å²) in [7, 11) is 3.47. The predicted octanol–water partition coefficient (Wildman–Crippen LogP) is 2.91. The maximum atomic E-state index is 11.7. The smallest absolute Gasteiger partial charge is 0.338 e. The molecular formula is C15H20ClNO3. The number of benzene rings is 1. The summed E-state index contributed by atoms with van der Waals surface area (Å²) in [4.78, 5) is 14.0. The number of hydrogen-bond acceptors (Lipinski definition) is 4. The van der Waals surface area contributed by atoms with E-state index >= 15 is 0 Å². The van der Waals surface area contributed by atoms with Crippen LogP contribution in [0.3, 0.4) is 0 Å². The van der Waals surface area contributed by atoms with E-state index in [1.807, 2.05) is 6.92 Å². The zero-order valence-electron chi connectivity index (χ0n) is 12.1. The lowest BCUT2D eigenvalue weighted by Gasteiger charge is -2.30. The van der Waals surface area contributed by atoms with E-state index in [1.54, 1.807) is 12.1 Å². The van der Waals surface area contributed by atoms with Gasteiger partial charge in [-0.15, -0.1) is 0 Å². The summed E-state index contributed by atoms with van der Waals surface area (Å²) in [6.45, 7) is 3.90. The Hall–Kier alpha value is -1.26. The number of piperidine rings is 1. The molecule has 2 rings (SSSR count). The highest BCUT2D eigenvalue weighted by Gasteiger charge is 2.21. The molecule has 0 aliphatic carbocycles. The molecule has 1 saturated heterocycles. The molecule has 0 aromatic heterocycles. The molecule has 0 atom stereocenters. The van der Waals surface area contributed by atoms with Crippen LogP contribution in [-0.4, -0.2) is 44.2 Å². The predicted molar refractivity (Wildman–Crippen MR) is 78.7 cm³/mol. The van der Waals surface area contributed by atoms with Crippen molar-refractivity contribution < 1.29 is 14.3 Å². The topological polar surface area (TPSA) is 38.8 Å². The van der Waals surface area contributed by atoms with Gasteiger partial charge in [0.05, 0.1) is 12.7 Å². The number of likely N-dealkylation sites (tertiary alicyclic amines) is 1. The van der Waals surface area contributed by atoms with Crippen molar-refractivity contribution >= 4 is 17.6 Å². The second-order valence-electron chi connectivity index (χ2n) is 5.19. The van der Waals surface area contributed by atoms with Crippen molar-refractivity contribution in [1.82, 2.24) is 4.90 Å². The largest absolute Gasteiger partial charge is 0.490 e. The number of nitrogens with zero attached hydrogens (tertiary/aromatic N) is 1. The van der Waals surface area contributed by atoms with Gasteiger partial charge in [0.1, 0.15) is 11.9 Å². The molecule has 1 aromatic carbocycles. The standard InChI is InChI=1S/C15H20ClNO3/c1-10-13(15(18)19-3)8-11(16)9-14(10)20-12-4-6-17(2)7-5-12/h8-9,12H,4-7H2,1-3H3. The average Bonchev–Trinajstić information content (AvgIpc) is 2.44. The highest BCUT2D eigenvalue weighted by Crippen LogP contribution is 2.29. The zero-order valence-corrected chi connectivity index (χ0v) is 12.9. The third kappa shape index (κ3) is 3.44. The van der Waals surface area contributed by atoms with Crippen LogP contribution in [0.2, 0.25) is 5.02 Å². The van der Waals surface area contributed by atoms with Crippen LogP contribution in [0.15, 0.2) is 12.1 Å². The van der Waals surface area contributed by atoms with Gasteiger partial charge in [0.15, 0.2) is 0 Å². The number of halogens is 1. The zero-order chi connectivity index (χ0) is 14.7. The van der Waals surface area contributed by atoms with E-state index in [2.05, 4.69) is 11.9 Å². The number of carbonyl (C=O) groups excluding carboxylic acids is 1. The quantitative estimate of drug-likeness (QED) is 0.804. The van der Waals surface area contributed by atoms with Crippen LogP contribution in [0.1, 0.15) is 28.8 Å². The molecule has 20 heavy (non-hydrogen) atoms. The van der Waals surface area contributed by atoms with Crippen molar-refractivity contribution in [3.05, 3.63) is 28.3 Å². The van der Waals surface area contributed by atoms with Crippen molar-refractivity contribution in [2.45, 2.75) is 25.9 Å². The Morgan fingerprint density at radius 3 is 2.60 bits per heavy atom. The Morgan fingerprint density at radius 2 is 2.00 bits per heavy atom. The van der Waals surface area contributed by atoms with Crippen LogP contribution in [0.25, 0.3) is 0 Å². The Bertz CT molecular complexity index is 496. The average molecular weight is 298 g/mol. The third-order valence-corrected chi connectivity index (χ3v) is 3.91. The van der Waals surface area contributed by atoms with Gasteiger partial charge in [-0.1, -0.05) is 11.6 Å². The van der Waals surface area contributed by atoms with E-state index in [0.29, 0.717) is 16.3 Å². The van der Waals surface area contributed by atoms with Gasteiger partial charge >= 0.3 is 5.97 Å². The van der Waals surface area contributed by atoms with Crippen LogP contribution in [0.4, 0.5) is 0 Å². The van der Waals surface area contributed by atoms with Gasteiger partial charge in [-0.2, -0.15) is 0 Å². The van der Waals surface area contributed by atoms with Crippen molar-refractivity contribution in [2.75, 3.05) is 27.2 Å². The number of carbonyl (C=O) groups is 1. The summed E-state index contributed by atoms with van der Waals surface area (Å²) in [5.41, 5.74) is 1.24. The van der Waals surface area contributed by atoms with E-state index < -0.39 is 5.97 Å². The van der Waals surface area contributed by atoms with Gasteiger partial charge in [-0.05, 0) is 38.9 Å². The number of rotatable bonds is 3. The number of methoxy groups -OCH3 is 1. The second kappa shape index (κ2) is 6.46. The van der Waals surface area contributed by atoms with Gasteiger partial charge in [0.2, 0.25) is 0 Å². The molecule has 1 fully saturated rings. The molecule has 4 nitrogen and oxygen atoms in total. The first-order valence-electron chi connectivity index (χ1n) is 6.75. The molecular weight excluding hydrogens is 278 g/mol. The van der Waals surface area contributed by atoms with Crippen LogP contribution in [-0.2, 0) is 4.74 Å². The minimum absolute atomic E-state index is 0.175. The van der Waals surface area contributed by atoms with E-state index in [9.17, 15) is 4.79 Å². The molecule has 1 aliphatic rings. The maximum Gasteiger partial charge on any atom is 0.338 e. The first-order valence-corrected chi connectivity index (χ1v) is 7.12. The summed E-state index contributed by atoms with van der Waals surface area (Å²) in [6.07, 6.45) is 2.14. The minimum Gasteiger partial charge on any atom is -0.490 e. The number of esters is 1. The molecule has 0 amide bonds. The Labute approximate surface area is 124 Å². The molecule has 1 aromatic rings. The lowest BCUT2D eigenvalue weighted by Crippen LogP contribution is -2.35. The third-order valence-electron chi connectivity index (χ3n) is 3.69. The first-order chi connectivity index (χ1) is 9.51. The van der Waals surface area contributed by atoms with Crippen molar-refractivity contribution in [3.63, 3.8) is 0 Å². The normalized spacial score (nSPS) is 17.0. The summed E-state index contributed by atoms with van der Waals surface area (Å²) in [6, 6.07) is 3.38. The molecule has 0 spiro atoms. The highest BCUT2D eigenvalue weighted by atomic mass is 35.5. The highest BCUT2D eigenvalue weighted by molar-refractivity contribution is 6.31. The van der Waals surface area contributed by atoms with Crippen molar-refractivity contribution in [2.24, 2.45) is 0 Å². The summed E-state index contributed by atoms with van der Waals surface area (Å²) in [5, 5.41) is 0.485. The van der Waals surface area contributed by atoms with Crippen LogP contribution in [0.5, 0.6) is 5.75 Å². The Kier molecular flexibility index (Phi) is 4.89. The van der Waals surface area contributed by atoms with Gasteiger partial charge in [-0.25, -0.2) is 4.79 Å². The number of hydrogen-bond donors (Lipinski definition) is 0. The van der Waals surface area contributed by atoms with Crippen LogP contribution < -0.4 is 4.74 Å². The summed E-state index contributed by atoms with van der Waals surface area (Å²) in [5.74, 6) is 0.283. The molecule has 0 saturated carbocycles. The van der Waals surface area contributed by atoms with Crippen LogP contribution in [0, 0.1) is 6.92 Å². The Morgan fingerprint density at radius 1 is 1.35 bits per heavy atom. The number of ether oxygens (including phenoxy) is 2. The second-order valence-corrected chi connectivity index (χ2v) is 5.62. The SMILES string of the molecule is COC(=O)c1cc(Cl)cc(OC2CCN(C)CC2)c1C. The molecule has 1 heterocycles. The molecule has 0 N–H and O–H groups in total. The molecule has 5 heteroatoms. The molecule has 110 valence electrons. The van der Waals surface area contributed by atoms with Gasteiger partial charge in [-0.3, -0.25) is 0 Å².